The molecule has 0 spiro atoms. The highest BCUT2D eigenvalue weighted by atomic mass is 19.4. The Morgan fingerprint density at radius 3 is 2.44 bits per heavy atom. The third-order valence-electron chi connectivity index (χ3n) is 2.76. The monoisotopic (exact) mass is 357 g/mol. The zero-order valence-electron chi connectivity index (χ0n) is 12.3. The maximum absolute atomic E-state index is 12.4. The molecule has 13 heteroatoms. The van der Waals surface area contributed by atoms with Gasteiger partial charge in [-0.05, 0) is 34.8 Å². The van der Waals surface area contributed by atoms with Crippen molar-refractivity contribution >= 4 is 17.6 Å². The van der Waals surface area contributed by atoms with Crippen LogP contribution in [0, 0.1) is 0 Å². The van der Waals surface area contributed by atoms with E-state index in [0.717, 1.165) is 6.07 Å². The van der Waals surface area contributed by atoms with Crippen molar-refractivity contribution in [1.82, 2.24) is 5.32 Å². The second-order valence-electron chi connectivity index (χ2n) is 4.65. The molecular weight excluding hydrogens is 347 g/mol. The number of hydrogen-bond acceptors (Lipinski definition) is 4. The second kappa shape index (κ2) is 8.43. The van der Waals surface area contributed by atoms with Gasteiger partial charge in [-0.3, -0.25) is 4.79 Å². The number of carboxylic acid groups (broad SMARTS) is 1. The van der Waals surface area contributed by atoms with Gasteiger partial charge >= 0.3 is 12.1 Å². The molecule has 0 aromatic heterocycles. The third-order valence-corrected chi connectivity index (χ3v) is 2.76. The average Bonchev–Trinajstić information content (AvgIpc) is 2.51. The van der Waals surface area contributed by atoms with Gasteiger partial charge in [0.15, 0.2) is 0 Å². The summed E-state index contributed by atoms with van der Waals surface area (Å²) in [6.07, 6.45) is -6.55. The second-order valence-corrected chi connectivity index (χ2v) is 4.65. The van der Waals surface area contributed by atoms with E-state index < -0.39 is 30.5 Å². The standard InChI is InChI=1S/C12H10F3N7O3/c13-12(14,15)4-9(11(24)25)19-10(23)7-1-6(5-18-21-16)2-8(3-7)20-22-17/h1-3,9H,4-5H2,(H,19,23)(H,24,25). The molecule has 2 N–H and O–H groups in total. The largest absolute Gasteiger partial charge is 0.480 e. The molecule has 10 nitrogen and oxygen atoms in total. The summed E-state index contributed by atoms with van der Waals surface area (Å²) in [5.74, 6) is -2.97. The minimum atomic E-state index is -4.80. The zero-order chi connectivity index (χ0) is 19.0. The van der Waals surface area contributed by atoms with E-state index in [4.69, 9.17) is 16.2 Å². The van der Waals surface area contributed by atoms with Crippen molar-refractivity contribution in [3.05, 3.63) is 50.2 Å². The lowest BCUT2D eigenvalue weighted by atomic mass is 10.1. The minimum Gasteiger partial charge on any atom is -0.480 e. The molecule has 0 heterocycles. The summed E-state index contributed by atoms with van der Waals surface area (Å²) in [5, 5.41) is 17.1. The molecule has 0 saturated carbocycles. The first kappa shape index (κ1) is 19.6. The molecule has 0 radical (unpaired) electrons. The maximum atomic E-state index is 12.4. The molecular formula is C12H10F3N7O3. The molecule has 1 rings (SSSR count). The first-order valence-electron chi connectivity index (χ1n) is 6.46. The van der Waals surface area contributed by atoms with Crippen molar-refractivity contribution in [3.63, 3.8) is 0 Å². The number of rotatable bonds is 7. The molecule has 1 atom stereocenters. The Morgan fingerprint density at radius 1 is 1.24 bits per heavy atom. The normalized spacial score (nSPS) is 11.6. The van der Waals surface area contributed by atoms with Crippen molar-refractivity contribution in [2.24, 2.45) is 10.2 Å². The van der Waals surface area contributed by atoms with Crippen molar-refractivity contribution in [2.75, 3.05) is 0 Å². The fourth-order valence-electron chi connectivity index (χ4n) is 1.79. The summed E-state index contributed by atoms with van der Waals surface area (Å²) in [4.78, 5) is 28.0. The van der Waals surface area contributed by atoms with Crippen molar-refractivity contribution in [1.29, 1.82) is 0 Å². The molecule has 0 bridgehead atoms. The summed E-state index contributed by atoms with van der Waals surface area (Å²) in [6, 6.07) is 1.35. The molecule has 1 amide bonds. The van der Waals surface area contributed by atoms with E-state index in [2.05, 4.69) is 20.1 Å². The van der Waals surface area contributed by atoms with Crippen molar-refractivity contribution in [3.8, 4) is 0 Å². The van der Waals surface area contributed by atoms with Crippen LogP contribution in [0.5, 0.6) is 0 Å². The fourth-order valence-corrected chi connectivity index (χ4v) is 1.79. The van der Waals surface area contributed by atoms with Crippen LogP contribution < -0.4 is 5.32 Å². The van der Waals surface area contributed by atoms with Crippen LogP contribution in [0.25, 0.3) is 20.9 Å². The Morgan fingerprint density at radius 2 is 1.92 bits per heavy atom. The molecule has 0 aliphatic heterocycles. The third kappa shape index (κ3) is 6.69. The van der Waals surface area contributed by atoms with Gasteiger partial charge in [0.2, 0.25) is 0 Å². The molecule has 0 aliphatic carbocycles. The number of azide groups is 2. The highest BCUT2D eigenvalue weighted by Gasteiger charge is 2.36. The number of carbonyl (C=O) groups excluding carboxylic acids is 1. The lowest BCUT2D eigenvalue weighted by molar-refractivity contribution is -0.157. The van der Waals surface area contributed by atoms with Gasteiger partial charge in [-0.1, -0.05) is 10.2 Å². The number of nitrogens with one attached hydrogen (secondary N) is 1. The Kier molecular flexibility index (Phi) is 6.61. The number of aliphatic carboxylic acids is 1. The van der Waals surface area contributed by atoms with Gasteiger partial charge in [0.05, 0.1) is 13.0 Å². The van der Waals surface area contributed by atoms with Crippen LogP contribution in [0.2, 0.25) is 0 Å². The van der Waals surface area contributed by atoms with Gasteiger partial charge in [0.25, 0.3) is 5.91 Å². The van der Waals surface area contributed by atoms with Crippen LogP contribution in [0.3, 0.4) is 0 Å². The Bertz CT molecular complexity index is 768. The van der Waals surface area contributed by atoms with Crippen molar-refractivity contribution in [2.45, 2.75) is 25.2 Å². The topological polar surface area (TPSA) is 164 Å². The lowest BCUT2D eigenvalue weighted by Crippen LogP contribution is -2.43. The maximum Gasteiger partial charge on any atom is 0.391 e. The number of amides is 1. The van der Waals surface area contributed by atoms with E-state index >= 15 is 0 Å². The molecule has 0 saturated heterocycles. The summed E-state index contributed by atoms with van der Waals surface area (Å²) < 4.78 is 37.1. The van der Waals surface area contributed by atoms with Gasteiger partial charge in [-0.25, -0.2) is 4.79 Å². The van der Waals surface area contributed by atoms with Gasteiger partial charge in [-0.15, -0.1) is 0 Å². The van der Waals surface area contributed by atoms with Gasteiger partial charge in [-0.2, -0.15) is 13.2 Å². The minimum absolute atomic E-state index is 0.0546. The zero-order valence-corrected chi connectivity index (χ0v) is 12.3. The van der Waals surface area contributed by atoms with Crippen LogP contribution in [-0.4, -0.2) is 29.2 Å². The van der Waals surface area contributed by atoms with E-state index in [1.54, 1.807) is 5.32 Å². The summed E-state index contributed by atoms with van der Waals surface area (Å²) in [7, 11) is 0. The highest BCUT2D eigenvalue weighted by molar-refractivity contribution is 5.97. The summed E-state index contributed by atoms with van der Waals surface area (Å²) in [5.41, 5.74) is 16.7. The Hall–Kier alpha value is -3.43. The fraction of sp³-hybridized carbons (Fsp3) is 0.333. The number of nitrogens with zero attached hydrogens (tertiary/aromatic N) is 6. The SMILES string of the molecule is [N-]=[N+]=NCc1cc(N=[N+]=[N-])cc(C(=O)NC(CC(F)(F)F)C(=O)O)c1. The number of halogens is 3. The molecule has 1 unspecified atom stereocenters. The van der Waals surface area contributed by atoms with E-state index in [9.17, 15) is 22.8 Å². The quantitative estimate of drug-likeness (QED) is 0.433. The van der Waals surface area contributed by atoms with E-state index in [1.165, 1.54) is 12.1 Å². The smallest absolute Gasteiger partial charge is 0.391 e. The van der Waals surface area contributed by atoms with E-state index in [0.29, 0.717) is 0 Å². The first-order valence-corrected chi connectivity index (χ1v) is 6.46. The number of hydrogen-bond donors (Lipinski definition) is 2. The Balaban J connectivity index is 3.13. The van der Waals surface area contributed by atoms with Crippen LogP contribution >= 0.6 is 0 Å². The summed E-state index contributed by atoms with van der Waals surface area (Å²) in [6.45, 7) is -0.212. The predicted molar refractivity (Wildman–Crippen MR) is 77.7 cm³/mol. The summed E-state index contributed by atoms with van der Waals surface area (Å²) >= 11 is 0. The lowest BCUT2D eigenvalue weighted by Gasteiger charge is -2.16. The highest BCUT2D eigenvalue weighted by Crippen LogP contribution is 2.23. The molecule has 0 aliphatic rings. The number of alkyl halides is 3. The van der Waals surface area contributed by atoms with Crippen LogP contribution in [0.15, 0.2) is 28.4 Å². The van der Waals surface area contributed by atoms with E-state index in [1.807, 2.05) is 0 Å². The van der Waals surface area contributed by atoms with Gasteiger partial charge < -0.3 is 10.4 Å². The molecule has 25 heavy (non-hydrogen) atoms. The molecule has 1 aromatic rings. The molecule has 1 aromatic carbocycles. The average molecular weight is 357 g/mol. The number of carboxylic acids is 1. The number of benzene rings is 1. The van der Waals surface area contributed by atoms with Gasteiger partial charge in [0.1, 0.15) is 6.04 Å². The molecule has 132 valence electrons. The number of carbonyl (C=O) groups is 2. The van der Waals surface area contributed by atoms with Crippen LogP contribution in [-0.2, 0) is 11.3 Å². The predicted octanol–water partition coefficient (Wildman–Crippen LogP) is 3.57. The van der Waals surface area contributed by atoms with Crippen LogP contribution in [0.1, 0.15) is 22.3 Å². The first-order chi connectivity index (χ1) is 11.7. The Labute approximate surface area is 137 Å². The van der Waals surface area contributed by atoms with Gasteiger partial charge in [0, 0.05) is 21.1 Å². The van der Waals surface area contributed by atoms with Crippen LogP contribution in [0.4, 0.5) is 18.9 Å². The van der Waals surface area contributed by atoms with E-state index in [-0.39, 0.29) is 23.4 Å². The molecule has 0 fully saturated rings. The van der Waals surface area contributed by atoms with Crippen molar-refractivity contribution < 1.29 is 27.9 Å².